The van der Waals surface area contributed by atoms with E-state index < -0.39 is 11.9 Å². The molecule has 0 saturated heterocycles. The molecular formula is C11H14N2O3. The van der Waals surface area contributed by atoms with Gasteiger partial charge in [-0.05, 0) is 19.1 Å². The van der Waals surface area contributed by atoms with Gasteiger partial charge in [-0.1, -0.05) is 12.1 Å². The molecule has 0 fully saturated rings. The zero-order valence-corrected chi connectivity index (χ0v) is 9.15. The Morgan fingerprint density at radius 1 is 1.31 bits per heavy atom. The number of amides is 2. The Bertz CT molecular complexity index is 404. The highest BCUT2D eigenvalue weighted by atomic mass is 16.3. The number of carbonyl (C=O) groups is 2. The van der Waals surface area contributed by atoms with E-state index in [9.17, 15) is 14.7 Å². The van der Waals surface area contributed by atoms with E-state index in [0.29, 0.717) is 0 Å². The van der Waals surface area contributed by atoms with Crippen LogP contribution >= 0.6 is 0 Å². The van der Waals surface area contributed by atoms with Crippen LogP contribution in [0.1, 0.15) is 17.3 Å². The predicted octanol–water partition coefficient (Wildman–Crippen LogP) is 0.256. The molecule has 0 saturated carbocycles. The zero-order valence-electron chi connectivity index (χ0n) is 9.15. The van der Waals surface area contributed by atoms with Crippen molar-refractivity contribution in [1.29, 1.82) is 0 Å². The maximum Gasteiger partial charge on any atom is 0.255 e. The van der Waals surface area contributed by atoms with E-state index in [1.54, 1.807) is 19.1 Å². The monoisotopic (exact) mass is 222 g/mol. The van der Waals surface area contributed by atoms with Gasteiger partial charge in [0, 0.05) is 7.05 Å². The number of phenols is 1. The van der Waals surface area contributed by atoms with E-state index in [2.05, 4.69) is 10.6 Å². The molecule has 1 aromatic carbocycles. The number of rotatable bonds is 3. The van der Waals surface area contributed by atoms with Crippen molar-refractivity contribution in [3.8, 4) is 5.75 Å². The van der Waals surface area contributed by atoms with Gasteiger partial charge in [0.15, 0.2) is 0 Å². The maximum absolute atomic E-state index is 11.6. The summed E-state index contributed by atoms with van der Waals surface area (Å²) in [5.41, 5.74) is 0.151. The molecule has 0 heterocycles. The number of benzene rings is 1. The van der Waals surface area contributed by atoms with E-state index in [-0.39, 0.29) is 17.2 Å². The van der Waals surface area contributed by atoms with Crippen molar-refractivity contribution in [2.24, 2.45) is 0 Å². The molecule has 0 aliphatic heterocycles. The SMILES string of the molecule is CNC(=O)C(C)NC(=O)c1ccccc1O. The number of aromatic hydroxyl groups is 1. The first-order valence-corrected chi connectivity index (χ1v) is 4.86. The number of nitrogens with one attached hydrogen (secondary N) is 2. The molecule has 3 N–H and O–H groups in total. The largest absolute Gasteiger partial charge is 0.507 e. The first kappa shape index (κ1) is 12.0. The molecule has 2 amide bonds. The van der Waals surface area contributed by atoms with Crippen molar-refractivity contribution in [3.63, 3.8) is 0 Å². The van der Waals surface area contributed by atoms with E-state index in [0.717, 1.165) is 0 Å². The summed E-state index contributed by atoms with van der Waals surface area (Å²) in [7, 11) is 1.49. The number of hydrogen-bond acceptors (Lipinski definition) is 3. The number of para-hydroxylation sites is 1. The Balaban J connectivity index is 2.73. The summed E-state index contributed by atoms with van der Waals surface area (Å²) in [6, 6.07) is 5.52. The molecule has 0 bridgehead atoms. The molecule has 1 rings (SSSR count). The Morgan fingerprint density at radius 2 is 1.94 bits per heavy atom. The lowest BCUT2D eigenvalue weighted by atomic mass is 10.1. The van der Waals surface area contributed by atoms with Crippen LogP contribution in [0.2, 0.25) is 0 Å². The second-order valence-electron chi connectivity index (χ2n) is 3.33. The third-order valence-electron chi connectivity index (χ3n) is 2.14. The first-order chi connectivity index (χ1) is 7.56. The lowest BCUT2D eigenvalue weighted by Crippen LogP contribution is -2.43. The topological polar surface area (TPSA) is 78.4 Å². The van der Waals surface area contributed by atoms with Crippen LogP contribution in [0.15, 0.2) is 24.3 Å². The average Bonchev–Trinajstić information content (AvgIpc) is 2.28. The van der Waals surface area contributed by atoms with Crippen LogP contribution in [0.5, 0.6) is 5.75 Å². The van der Waals surface area contributed by atoms with Gasteiger partial charge in [0.05, 0.1) is 5.56 Å². The van der Waals surface area contributed by atoms with Gasteiger partial charge in [0.1, 0.15) is 11.8 Å². The summed E-state index contributed by atoms with van der Waals surface area (Å²) in [6.07, 6.45) is 0. The summed E-state index contributed by atoms with van der Waals surface area (Å²) < 4.78 is 0. The van der Waals surface area contributed by atoms with Gasteiger partial charge in [-0.25, -0.2) is 0 Å². The summed E-state index contributed by atoms with van der Waals surface area (Å²) in [6.45, 7) is 1.57. The Hall–Kier alpha value is -2.04. The molecule has 0 spiro atoms. The van der Waals surface area contributed by atoms with Gasteiger partial charge in [0.25, 0.3) is 5.91 Å². The van der Waals surface area contributed by atoms with E-state index in [4.69, 9.17) is 0 Å². The fourth-order valence-electron chi connectivity index (χ4n) is 1.22. The van der Waals surface area contributed by atoms with Crippen molar-refractivity contribution < 1.29 is 14.7 Å². The van der Waals surface area contributed by atoms with E-state index in [1.807, 2.05) is 0 Å². The molecule has 86 valence electrons. The van der Waals surface area contributed by atoms with Gasteiger partial charge in [-0.2, -0.15) is 0 Å². The molecule has 0 aliphatic rings. The molecule has 0 aromatic heterocycles. The second-order valence-corrected chi connectivity index (χ2v) is 3.33. The van der Waals surface area contributed by atoms with Crippen LogP contribution in [-0.4, -0.2) is 30.0 Å². The highest BCUT2D eigenvalue weighted by Gasteiger charge is 2.16. The molecule has 1 aromatic rings. The van der Waals surface area contributed by atoms with E-state index in [1.165, 1.54) is 19.2 Å². The van der Waals surface area contributed by atoms with Crippen molar-refractivity contribution >= 4 is 11.8 Å². The molecule has 5 heteroatoms. The minimum Gasteiger partial charge on any atom is -0.507 e. The molecule has 1 atom stereocenters. The Labute approximate surface area is 93.5 Å². The predicted molar refractivity (Wildman–Crippen MR) is 59.1 cm³/mol. The van der Waals surface area contributed by atoms with Crippen LogP contribution in [0.3, 0.4) is 0 Å². The molecule has 0 radical (unpaired) electrons. The van der Waals surface area contributed by atoms with Gasteiger partial charge < -0.3 is 15.7 Å². The standard InChI is InChI=1S/C11H14N2O3/c1-7(10(15)12-2)13-11(16)8-5-3-4-6-9(8)14/h3-7,14H,1-2H3,(H,12,15)(H,13,16). The highest BCUT2D eigenvalue weighted by molar-refractivity contribution is 5.99. The van der Waals surface area contributed by atoms with Crippen molar-refractivity contribution in [3.05, 3.63) is 29.8 Å². The normalized spacial score (nSPS) is 11.6. The molecular weight excluding hydrogens is 208 g/mol. The van der Waals surface area contributed by atoms with Crippen LogP contribution in [-0.2, 0) is 4.79 Å². The smallest absolute Gasteiger partial charge is 0.255 e. The Kier molecular flexibility index (Phi) is 3.88. The molecule has 0 aliphatic carbocycles. The maximum atomic E-state index is 11.6. The quantitative estimate of drug-likeness (QED) is 0.686. The lowest BCUT2D eigenvalue weighted by Gasteiger charge is -2.12. The summed E-state index contributed by atoms with van der Waals surface area (Å²) in [4.78, 5) is 22.8. The molecule has 1 unspecified atom stereocenters. The fraction of sp³-hybridized carbons (Fsp3) is 0.273. The van der Waals surface area contributed by atoms with Crippen LogP contribution in [0, 0.1) is 0 Å². The van der Waals surface area contributed by atoms with Crippen LogP contribution < -0.4 is 10.6 Å². The van der Waals surface area contributed by atoms with Crippen LogP contribution in [0.25, 0.3) is 0 Å². The number of hydrogen-bond donors (Lipinski definition) is 3. The van der Waals surface area contributed by atoms with Gasteiger partial charge in [-0.15, -0.1) is 0 Å². The Morgan fingerprint density at radius 3 is 2.50 bits per heavy atom. The summed E-state index contributed by atoms with van der Waals surface area (Å²) >= 11 is 0. The number of likely N-dealkylation sites (N-methyl/N-ethyl adjacent to an activating group) is 1. The molecule has 16 heavy (non-hydrogen) atoms. The number of carbonyl (C=O) groups excluding carboxylic acids is 2. The van der Waals surface area contributed by atoms with Crippen molar-refractivity contribution in [2.45, 2.75) is 13.0 Å². The summed E-state index contributed by atoms with van der Waals surface area (Å²) in [5, 5.41) is 14.3. The van der Waals surface area contributed by atoms with E-state index >= 15 is 0 Å². The fourth-order valence-corrected chi connectivity index (χ4v) is 1.22. The minimum absolute atomic E-state index is 0.107. The molecule has 5 nitrogen and oxygen atoms in total. The van der Waals surface area contributed by atoms with Gasteiger partial charge in [0.2, 0.25) is 5.91 Å². The van der Waals surface area contributed by atoms with Gasteiger partial charge in [-0.3, -0.25) is 9.59 Å². The average molecular weight is 222 g/mol. The third kappa shape index (κ3) is 2.73. The van der Waals surface area contributed by atoms with Gasteiger partial charge >= 0.3 is 0 Å². The van der Waals surface area contributed by atoms with Crippen LogP contribution in [0.4, 0.5) is 0 Å². The zero-order chi connectivity index (χ0) is 12.1. The first-order valence-electron chi connectivity index (χ1n) is 4.86. The summed E-state index contributed by atoms with van der Waals surface area (Å²) in [5.74, 6) is -0.873. The third-order valence-corrected chi connectivity index (χ3v) is 2.14. The second kappa shape index (κ2) is 5.16. The van der Waals surface area contributed by atoms with Crippen molar-refractivity contribution in [1.82, 2.24) is 10.6 Å². The highest BCUT2D eigenvalue weighted by Crippen LogP contribution is 2.15. The van der Waals surface area contributed by atoms with Crippen molar-refractivity contribution in [2.75, 3.05) is 7.05 Å². The number of phenolic OH excluding ortho intramolecular Hbond substituents is 1. The lowest BCUT2D eigenvalue weighted by molar-refractivity contribution is -0.122. The minimum atomic E-state index is -0.642.